The summed E-state index contributed by atoms with van der Waals surface area (Å²) in [5.41, 5.74) is 2.46. The van der Waals surface area contributed by atoms with Crippen molar-refractivity contribution in [2.24, 2.45) is 5.92 Å². The van der Waals surface area contributed by atoms with Crippen molar-refractivity contribution < 1.29 is 9.53 Å². The lowest BCUT2D eigenvalue weighted by Crippen LogP contribution is -2.32. The van der Waals surface area contributed by atoms with Crippen LogP contribution < -0.4 is 15.4 Å². The van der Waals surface area contributed by atoms with Gasteiger partial charge in [0.1, 0.15) is 11.4 Å². The molecule has 7 heteroatoms. The largest absolute Gasteiger partial charge is 0.487 e. The number of hydrogen-bond acceptors (Lipinski definition) is 5. The fourth-order valence-corrected chi connectivity index (χ4v) is 3.88. The highest BCUT2D eigenvalue weighted by Gasteiger charge is 2.29. The number of carbonyl (C=O) groups excluding carboxylic acids is 1. The maximum atomic E-state index is 12.4. The molecule has 2 aliphatic heterocycles. The quantitative estimate of drug-likeness (QED) is 0.842. The second kappa shape index (κ2) is 7.31. The molecule has 3 heterocycles. The maximum absolute atomic E-state index is 12.4. The van der Waals surface area contributed by atoms with Crippen LogP contribution in [0.25, 0.3) is 0 Å². The summed E-state index contributed by atoms with van der Waals surface area (Å²) in [6, 6.07) is 6.09. The van der Waals surface area contributed by atoms with Crippen molar-refractivity contribution in [3.8, 4) is 5.75 Å². The van der Waals surface area contributed by atoms with Gasteiger partial charge in [-0.25, -0.2) is 0 Å². The van der Waals surface area contributed by atoms with Crippen LogP contribution in [-0.2, 0) is 19.5 Å². The van der Waals surface area contributed by atoms with Crippen LogP contribution in [0.3, 0.4) is 0 Å². The molecule has 1 aromatic carbocycles. The number of aromatic nitrogens is 3. The van der Waals surface area contributed by atoms with E-state index in [0.717, 1.165) is 37.4 Å². The summed E-state index contributed by atoms with van der Waals surface area (Å²) >= 11 is 0. The molecule has 0 radical (unpaired) electrons. The molecule has 0 bridgehead atoms. The first kappa shape index (κ1) is 18.0. The van der Waals surface area contributed by atoms with Gasteiger partial charge >= 0.3 is 0 Å². The summed E-state index contributed by atoms with van der Waals surface area (Å²) in [7, 11) is 0. The van der Waals surface area contributed by atoms with E-state index in [-0.39, 0.29) is 11.5 Å². The number of nitrogens with one attached hydrogen (secondary N) is 2. The summed E-state index contributed by atoms with van der Waals surface area (Å²) in [4.78, 5) is 12.4. The zero-order chi connectivity index (χ0) is 18.9. The number of hydrogen-bond donors (Lipinski definition) is 2. The Morgan fingerprint density at radius 1 is 1.44 bits per heavy atom. The van der Waals surface area contributed by atoms with Crippen LogP contribution in [0.2, 0.25) is 0 Å². The van der Waals surface area contributed by atoms with E-state index < -0.39 is 0 Å². The minimum atomic E-state index is -0.194. The normalized spacial score (nSPS) is 20.7. The molecule has 2 aromatic rings. The summed E-state index contributed by atoms with van der Waals surface area (Å²) in [6.07, 6.45) is 5.00. The Morgan fingerprint density at radius 2 is 2.33 bits per heavy atom. The van der Waals surface area contributed by atoms with Crippen LogP contribution in [-0.4, -0.2) is 39.6 Å². The first-order valence-corrected chi connectivity index (χ1v) is 9.68. The van der Waals surface area contributed by atoms with E-state index in [9.17, 15) is 4.79 Å². The number of ether oxygens (including phenoxy) is 1. The molecule has 0 aliphatic carbocycles. The maximum Gasteiger partial charge on any atom is 0.273 e. The molecule has 1 atom stereocenters. The smallest absolute Gasteiger partial charge is 0.273 e. The third-order valence-electron chi connectivity index (χ3n) is 5.20. The molecule has 0 saturated carbocycles. The Bertz CT molecular complexity index is 824. The molecule has 0 spiro atoms. The number of amides is 1. The van der Waals surface area contributed by atoms with Crippen LogP contribution in [0.15, 0.2) is 24.4 Å². The molecule has 1 fully saturated rings. The van der Waals surface area contributed by atoms with Gasteiger partial charge < -0.3 is 15.4 Å². The molecule has 1 unspecified atom stereocenters. The van der Waals surface area contributed by atoms with E-state index in [1.54, 1.807) is 10.9 Å². The van der Waals surface area contributed by atoms with Gasteiger partial charge in [0.2, 0.25) is 0 Å². The Kier molecular flexibility index (Phi) is 4.86. The van der Waals surface area contributed by atoms with Crippen LogP contribution in [0, 0.1) is 5.92 Å². The average molecular weight is 369 g/mol. The fourth-order valence-electron chi connectivity index (χ4n) is 3.88. The lowest BCUT2D eigenvalue weighted by molar-refractivity contribution is 0.0945. The van der Waals surface area contributed by atoms with Gasteiger partial charge in [-0.15, -0.1) is 5.10 Å². The Morgan fingerprint density at radius 3 is 3.15 bits per heavy atom. The summed E-state index contributed by atoms with van der Waals surface area (Å²) in [6.45, 7) is 7.52. The SMILES string of the molecule is CC1(C)Cc2cc(CNC(=O)c3cn(CC4CCCNC4)nn3)ccc2O1. The second-order valence-corrected chi connectivity index (χ2v) is 8.20. The van der Waals surface area contributed by atoms with Gasteiger partial charge in [-0.3, -0.25) is 9.48 Å². The van der Waals surface area contributed by atoms with Crippen molar-refractivity contribution in [3.05, 3.63) is 41.2 Å². The Balaban J connectivity index is 1.32. The molecule has 2 N–H and O–H groups in total. The first-order valence-electron chi connectivity index (χ1n) is 9.68. The van der Waals surface area contributed by atoms with Crippen LogP contribution in [0.5, 0.6) is 5.75 Å². The number of fused-ring (bicyclic) bond motifs is 1. The summed E-state index contributed by atoms with van der Waals surface area (Å²) < 4.78 is 7.68. The minimum absolute atomic E-state index is 0.156. The van der Waals surface area contributed by atoms with Crippen molar-refractivity contribution in [3.63, 3.8) is 0 Å². The molecule has 1 saturated heterocycles. The molecule has 1 amide bonds. The second-order valence-electron chi connectivity index (χ2n) is 8.20. The van der Waals surface area contributed by atoms with E-state index >= 15 is 0 Å². The van der Waals surface area contributed by atoms with Crippen molar-refractivity contribution in [1.29, 1.82) is 0 Å². The molecule has 144 valence electrons. The zero-order valence-corrected chi connectivity index (χ0v) is 16.0. The van der Waals surface area contributed by atoms with E-state index in [1.165, 1.54) is 18.4 Å². The van der Waals surface area contributed by atoms with Gasteiger partial charge in [0, 0.05) is 19.5 Å². The van der Waals surface area contributed by atoms with Crippen molar-refractivity contribution in [2.75, 3.05) is 13.1 Å². The van der Waals surface area contributed by atoms with E-state index in [0.29, 0.717) is 18.2 Å². The number of benzene rings is 1. The van der Waals surface area contributed by atoms with Crippen LogP contribution in [0.1, 0.15) is 48.3 Å². The highest BCUT2D eigenvalue weighted by molar-refractivity contribution is 5.91. The molecular weight excluding hydrogens is 342 g/mol. The zero-order valence-electron chi connectivity index (χ0n) is 16.0. The molecule has 27 heavy (non-hydrogen) atoms. The summed E-state index contributed by atoms with van der Waals surface area (Å²) in [5, 5.41) is 14.5. The van der Waals surface area contributed by atoms with Crippen LogP contribution >= 0.6 is 0 Å². The number of nitrogens with zero attached hydrogens (tertiary/aromatic N) is 3. The predicted molar refractivity (Wildman–Crippen MR) is 102 cm³/mol. The highest BCUT2D eigenvalue weighted by atomic mass is 16.5. The number of piperidine rings is 1. The molecule has 4 rings (SSSR count). The highest BCUT2D eigenvalue weighted by Crippen LogP contribution is 2.35. The molecule has 1 aromatic heterocycles. The Hall–Kier alpha value is -2.41. The fraction of sp³-hybridized carbons (Fsp3) is 0.550. The van der Waals surface area contributed by atoms with E-state index in [4.69, 9.17) is 4.74 Å². The molecular formula is C20H27N5O2. The lowest BCUT2D eigenvalue weighted by Gasteiger charge is -2.22. The summed E-state index contributed by atoms with van der Waals surface area (Å²) in [5.74, 6) is 1.30. The van der Waals surface area contributed by atoms with Crippen molar-refractivity contribution >= 4 is 5.91 Å². The molecule has 2 aliphatic rings. The van der Waals surface area contributed by atoms with Gasteiger partial charge in [-0.1, -0.05) is 17.3 Å². The third kappa shape index (κ3) is 4.30. The van der Waals surface area contributed by atoms with Gasteiger partial charge in [0.05, 0.1) is 6.20 Å². The van der Waals surface area contributed by atoms with Gasteiger partial charge in [-0.2, -0.15) is 0 Å². The van der Waals surface area contributed by atoms with Gasteiger partial charge in [-0.05, 0) is 62.9 Å². The monoisotopic (exact) mass is 369 g/mol. The predicted octanol–water partition coefficient (Wildman–Crippen LogP) is 1.92. The lowest BCUT2D eigenvalue weighted by atomic mass is 10.00. The average Bonchev–Trinajstić information content (AvgIpc) is 3.22. The standard InChI is InChI=1S/C20H27N5O2/c1-20(2)9-16-8-14(5-6-18(16)27-20)11-22-19(26)17-13-25(24-23-17)12-15-4-3-7-21-10-15/h5-6,8,13,15,21H,3-4,7,9-12H2,1-2H3,(H,22,26). The van der Waals surface area contributed by atoms with Crippen molar-refractivity contribution in [2.45, 2.75) is 51.8 Å². The number of rotatable bonds is 5. The topological polar surface area (TPSA) is 81.1 Å². The van der Waals surface area contributed by atoms with Crippen molar-refractivity contribution in [1.82, 2.24) is 25.6 Å². The third-order valence-corrected chi connectivity index (χ3v) is 5.20. The van der Waals surface area contributed by atoms with Crippen LogP contribution in [0.4, 0.5) is 0 Å². The number of carbonyl (C=O) groups is 1. The first-order chi connectivity index (χ1) is 13.0. The molecule has 7 nitrogen and oxygen atoms in total. The van der Waals surface area contributed by atoms with Gasteiger partial charge in [0.15, 0.2) is 5.69 Å². The van der Waals surface area contributed by atoms with Gasteiger partial charge in [0.25, 0.3) is 5.91 Å². The minimum Gasteiger partial charge on any atom is -0.487 e. The Labute approximate surface area is 159 Å². The van der Waals surface area contributed by atoms with E-state index in [1.807, 2.05) is 12.1 Å². The van der Waals surface area contributed by atoms with E-state index in [2.05, 4.69) is 40.9 Å².